The lowest BCUT2D eigenvalue weighted by Crippen LogP contribution is -2.53. The lowest BCUT2D eigenvalue weighted by Gasteiger charge is -2.55. The Morgan fingerprint density at radius 1 is 0.963 bits per heavy atom. The molecule has 2 N–H and O–H groups in total. The highest BCUT2D eigenvalue weighted by Gasteiger charge is 2.53. The summed E-state index contributed by atoms with van der Waals surface area (Å²) in [5.41, 5.74) is 0.560. The molecule has 4 bridgehead atoms. The number of aliphatic hydroxyl groups excluding tert-OH is 2. The zero-order valence-corrected chi connectivity index (χ0v) is 15.7. The van der Waals surface area contributed by atoms with Crippen molar-refractivity contribution in [3.8, 4) is 5.75 Å². The van der Waals surface area contributed by atoms with Crippen LogP contribution >= 0.6 is 0 Å². The van der Waals surface area contributed by atoms with Gasteiger partial charge in [0.05, 0.1) is 13.2 Å². The molecule has 0 saturated heterocycles. The van der Waals surface area contributed by atoms with Crippen LogP contribution in [0.4, 0.5) is 10.5 Å². The first kappa shape index (κ1) is 18.6. The van der Waals surface area contributed by atoms with Gasteiger partial charge in [0, 0.05) is 18.8 Å². The van der Waals surface area contributed by atoms with Gasteiger partial charge in [0.25, 0.3) is 0 Å². The molecule has 0 heterocycles. The smallest absolute Gasteiger partial charge is 0.427 e. The predicted molar refractivity (Wildman–Crippen MR) is 101 cm³/mol. The number of benzene rings is 1. The van der Waals surface area contributed by atoms with Crippen LogP contribution in [-0.4, -0.2) is 48.3 Å². The van der Waals surface area contributed by atoms with E-state index >= 15 is 0 Å². The van der Waals surface area contributed by atoms with Gasteiger partial charge < -0.3 is 24.6 Å². The maximum atomic E-state index is 12.4. The Bertz CT molecular complexity index is 618. The zero-order chi connectivity index (χ0) is 18.9. The second-order valence-electron chi connectivity index (χ2n) is 8.48. The average molecular weight is 375 g/mol. The Morgan fingerprint density at radius 3 is 1.96 bits per heavy atom. The van der Waals surface area contributed by atoms with Gasteiger partial charge in [-0.1, -0.05) is 0 Å². The minimum absolute atomic E-state index is 0.00957. The van der Waals surface area contributed by atoms with Crippen molar-refractivity contribution in [1.29, 1.82) is 0 Å². The number of carbonyl (C=O) groups excluding carboxylic acids is 1. The van der Waals surface area contributed by atoms with Gasteiger partial charge in [0.15, 0.2) is 0 Å². The van der Waals surface area contributed by atoms with Gasteiger partial charge in [-0.25, -0.2) is 4.79 Å². The van der Waals surface area contributed by atoms with Crippen molar-refractivity contribution in [2.24, 2.45) is 17.8 Å². The molecule has 4 aliphatic rings. The van der Waals surface area contributed by atoms with Crippen LogP contribution in [0.2, 0.25) is 0 Å². The third-order valence-electron chi connectivity index (χ3n) is 6.42. The number of hydrogen-bond acceptors (Lipinski definition) is 6. The molecule has 0 aliphatic heterocycles. The molecule has 6 nitrogen and oxygen atoms in total. The highest BCUT2D eigenvalue weighted by atomic mass is 16.7. The van der Waals surface area contributed by atoms with E-state index in [0.29, 0.717) is 36.6 Å². The molecule has 1 aromatic rings. The number of carbonyl (C=O) groups is 1. The fourth-order valence-electron chi connectivity index (χ4n) is 5.79. The summed E-state index contributed by atoms with van der Waals surface area (Å²) in [5.74, 6) is 2.59. The minimum Gasteiger partial charge on any atom is -0.427 e. The quantitative estimate of drug-likeness (QED) is 0.563. The van der Waals surface area contributed by atoms with Gasteiger partial charge in [-0.2, -0.15) is 0 Å². The summed E-state index contributed by atoms with van der Waals surface area (Å²) in [6.45, 7) is 0.898. The Labute approximate surface area is 160 Å². The molecule has 0 spiro atoms. The number of rotatable bonds is 7. The summed E-state index contributed by atoms with van der Waals surface area (Å²) < 4.78 is 11.3. The van der Waals surface area contributed by atoms with Crippen LogP contribution in [0.5, 0.6) is 5.75 Å². The maximum Gasteiger partial charge on any atom is 0.514 e. The van der Waals surface area contributed by atoms with E-state index in [1.54, 1.807) is 12.1 Å². The molecule has 0 unspecified atom stereocenters. The Balaban J connectivity index is 1.36. The van der Waals surface area contributed by atoms with Gasteiger partial charge in [-0.3, -0.25) is 0 Å². The molecule has 1 aromatic carbocycles. The largest absolute Gasteiger partial charge is 0.514 e. The predicted octanol–water partition coefficient (Wildman–Crippen LogP) is 2.96. The lowest BCUT2D eigenvalue weighted by molar-refractivity contribution is -0.135. The van der Waals surface area contributed by atoms with Crippen LogP contribution in [0.1, 0.15) is 38.5 Å². The van der Waals surface area contributed by atoms with Gasteiger partial charge >= 0.3 is 6.16 Å². The molecule has 0 aromatic heterocycles. The summed E-state index contributed by atoms with van der Waals surface area (Å²) >= 11 is 0. The summed E-state index contributed by atoms with van der Waals surface area (Å²) in [7, 11) is 0. The highest BCUT2D eigenvalue weighted by Crippen LogP contribution is 2.57. The first-order valence-corrected chi connectivity index (χ1v) is 10.1. The number of nitrogens with zero attached hydrogens (tertiary/aromatic N) is 1. The molecule has 0 atom stereocenters. The molecular weight excluding hydrogens is 346 g/mol. The zero-order valence-electron chi connectivity index (χ0n) is 15.7. The molecule has 148 valence electrons. The van der Waals surface area contributed by atoms with Crippen molar-refractivity contribution < 1.29 is 24.5 Å². The van der Waals surface area contributed by atoms with E-state index in [4.69, 9.17) is 19.7 Å². The van der Waals surface area contributed by atoms with Crippen molar-refractivity contribution in [3.05, 3.63) is 24.3 Å². The van der Waals surface area contributed by atoms with Gasteiger partial charge in [0.2, 0.25) is 0 Å². The third-order valence-corrected chi connectivity index (χ3v) is 6.42. The van der Waals surface area contributed by atoms with Crippen molar-refractivity contribution >= 4 is 11.8 Å². The van der Waals surface area contributed by atoms with Crippen LogP contribution in [0.15, 0.2) is 24.3 Å². The van der Waals surface area contributed by atoms with E-state index < -0.39 is 6.16 Å². The molecular formula is C21H29NO5. The van der Waals surface area contributed by atoms with Crippen molar-refractivity contribution in [2.45, 2.75) is 44.1 Å². The van der Waals surface area contributed by atoms with E-state index in [9.17, 15) is 4.79 Å². The van der Waals surface area contributed by atoms with Crippen molar-refractivity contribution in [2.75, 3.05) is 31.2 Å². The summed E-state index contributed by atoms with van der Waals surface area (Å²) in [5, 5.41) is 18.3. The van der Waals surface area contributed by atoms with Crippen LogP contribution in [0.3, 0.4) is 0 Å². The van der Waals surface area contributed by atoms with E-state index in [2.05, 4.69) is 0 Å². The lowest BCUT2D eigenvalue weighted by atomic mass is 9.54. The molecule has 0 amide bonds. The number of ether oxygens (including phenoxy) is 2. The van der Waals surface area contributed by atoms with Crippen molar-refractivity contribution in [1.82, 2.24) is 0 Å². The number of aliphatic hydroxyl groups is 2. The summed E-state index contributed by atoms with van der Waals surface area (Å²) in [6, 6.07) is 7.08. The fourth-order valence-corrected chi connectivity index (χ4v) is 5.79. The van der Waals surface area contributed by atoms with Crippen LogP contribution in [0.25, 0.3) is 0 Å². The Morgan fingerprint density at radius 2 is 1.48 bits per heavy atom. The Hall–Kier alpha value is -1.79. The molecule has 6 heteroatoms. The SMILES string of the molecule is O=C(Oc1ccc(N(CCO)CCO)cc1)OC12CC3CC(CC(C3)C1)C2. The normalized spacial score (nSPS) is 31.0. The van der Waals surface area contributed by atoms with Crippen molar-refractivity contribution in [3.63, 3.8) is 0 Å². The number of hydrogen-bond donors (Lipinski definition) is 2. The average Bonchev–Trinajstić information content (AvgIpc) is 2.60. The van der Waals surface area contributed by atoms with E-state index in [1.165, 1.54) is 19.3 Å². The topological polar surface area (TPSA) is 79.2 Å². The molecule has 4 aliphatic carbocycles. The third kappa shape index (κ3) is 4.06. The first-order valence-electron chi connectivity index (χ1n) is 10.1. The standard InChI is InChI=1S/C21H29NO5/c23-7-5-22(6-8-24)18-1-3-19(4-2-18)26-20(25)27-21-12-15-9-16(13-21)11-17(10-15)14-21/h1-4,15-17,23-24H,5-14H2. The second-order valence-corrected chi connectivity index (χ2v) is 8.48. The molecule has 4 fully saturated rings. The van der Waals surface area contributed by atoms with Crippen LogP contribution in [0, 0.1) is 17.8 Å². The van der Waals surface area contributed by atoms with Crippen LogP contribution in [-0.2, 0) is 4.74 Å². The monoisotopic (exact) mass is 375 g/mol. The summed E-state index contributed by atoms with van der Waals surface area (Å²) in [6.07, 6.45) is 6.28. The molecule has 5 rings (SSSR count). The molecule has 4 saturated carbocycles. The summed E-state index contributed by atoms with van der Waals surface area (Å²) in [4.78, 5) is 14.3. The molecule has 0 radical (unpaired) electrons. The van der Waals surface area contributed by atoms with E-state index in [-0.39, 0.29) is 18.8 Å². The van der Waals surface area contributed by atoms with Crippen LogP contribution < -0.4 is 9.64 Å². The molecule has 27 heavy (non-hydrogen) atoms. The Kier molecular flexibility index (Phi) is 5.28. The van der Waals surface area contributed by atoms with Gasteiger partial charge in [0.1, 0.15) is 11.4 Å². The highest BCUT2D eigenvalue weighted by molar-refractivity contribution is 5.65. The van der Waals surface area contributed by atoms with E-state index in [1.807, 2.05) is 17.0 Å². The fraction of sp³-hybridized carbons (Fsp3) is 0.667. The second kappa shape index (κ2) is 7.68. The first-order chi connectivity index (χ1) is 13.1. The number of anilines is 1. The van der Waals surface area contributed by atoms with E-state index in [0.717, 1.165) is 24.9 Å². The minimum atomic E-state index is -0.604. The maximum absolute atomic E-state index is 12.4. The van der Waals surface area contributed by atoms with Gasteiger partial charge in [-0.15, -0.1) is 0 Å². The van der Waals surface area contributed by atoms with Gasteiger partial charge in [-0.05, 0) is 80.5 Å².